The summed E-state index contributed by atoms with van der Waals surface area (Å²) in [7, 11) is 0. The summed E-state index contributed by atoms with van der Waals surface area (Å²) in [5.41, 5.74) is 1.56. The van der Waals surface area contributed by atoms with Crippen LogP contribution in [-0.2, 0) is 18.6 Å². The molecule has 0 fully saturated rings. The topological polar surface area (TPSA) is 69.6 Å². The fraction of sp³-hybridized carbons (Fsp3) is 0.267. The lowest BCUT2D eigenvalue weighted by Gasteiger charge is -2.04. The van der Waals surface area contributed by atoms with E-state index >= 15 is 0 Å². The van der Waals surface area contributed by atoms with Crippen molar-refractivity contribution in [2.24, 2.45) is 0 Å². The predicted molar refractivity (Wildman–Crippen MR) is 90.4 cm³/mol. The van der Waals surface area contributed by atoms with Crippen LogP contribution in [0, 0.1) is 5.82 Å². The molecule has 3 aromatic rings. The van der Waals surface area contributed by atoms with Crippen LogP contribution in [-0.4, -0.2) is 19.9 Å². The largest absolute Gasteiger partial charge is 0.336 e. The third-order valence-electron chi connectivity index (χ3n) is 3.29. The molecular weight excluding hydrogens is 333 g/mol. The highest BCUT2D eigenvalue weighted by Crippen LogP contribution is 2.22. The number of thioether (sulfide) groups is 1. The average Bonchev–Trinajstić information content (AvgIpc) is 3.15. The van der Waals surface area contributed by atoms with Crippen LogP contribution in [0.4, 0.5) is 4.39 Å². The molecule has 2 heterocycles. The number of halogens is 1. The lowest BCUT2D eigenvalue weighted by atomic mass is 10.1. The third-order valence-corrected chi connectivity index (χ3v) is 5.31. The number of hydrogen-bond acceptors (Lipinski definition) is 6. The fourth-order valence-electron chi connectivity index (χ4n) is 2.05. The Kier molecular flexibility index (Phi) is 4.92. The SMILES string of the molecule is CCc1nc(CSc2nnc(Cc3ccccc3F)n2N)cs1. The van der Waals surface area contributed by atoms with E-state index in [2.05, 4.69) is 22.1 Å². The molecular formula is C15H16FN5S2. The number of benzene rings is 1. The molecule has 0 radical (unpaired) electrons. The first-order chi connectivity index (χ1) is 11.2. The molecule has 2 N–H and O–H groups in total. The van der Waals surface area contributed by atoms with Crippen LogP contribution in [0.15, 0.2) is 34.8 Å². The molecule has 23 heavy (non-hydrogen) atoms. The zero-order valence-electron chi connectivity index (χ0n) is 12.6. The van der Waals surface area contributed by atoms with Crippen molar-refractivity contribution in [1.82, 2.24) is 19.9 Å². The first-order valence-electron chi connectivity index (χ1n) is 7.16. The standard InChI is InChI=1S/C15H16FN5S2/c1-2-14-18-11(8-22-14)9-23-15-20-19-13(21(15)17)7-10-5-3-4-6-12(10)16/h3-6,8H,2,7,9,17H2,1H3. The summed E-state index contributed by atoms with van der Waals surface area (Å²) < 4.78 is 15.1. The highest BCUT2D eigenvalue weighted by atomic mass is 32.2. The summed E-state index contributed by atoms with van der Waals surface area (Å²) >= 11 is 3.13. The molecule has 8 heteroatoms. The molecule has 0 saturated carbocycles. The minimum atomic E-state index is -0.265. The summed E-state index contributed by atoms with van der Waals surface area (Å²) in [4.78, 5) is 4.51. The summed E-state index contributed by atoms with van der Waals surface area (Å²) in [5, 5.41) is 11.9. The Balaban J connectivity index is 1.68. The summed E-state index contributed by atoms with van der Waals surface area (Å²) in [5.74, 6) is 6.98. The molecule has 0 spiro atoms. The van der Waals surface area contributed by atoms with Gasteiger partial charge in [-0.2, -0.15) is 0 Å². The van der Waals surface area contributed by atoms with Gasteiger partial charge in [-0.15, -0.1) is 21.5 Å². The van der Waals surface area contributed by atoms with Crippen LogP contribution in [0.1, 0.15) is 29.0 Å². The second-order valence-electron chi connectivity index (χ2n) is 4.91. The number of nitrogens with two attached hydrogens (primary N) is 1. The predicted octanol–water partition coefficient (Wildman–Crippen LogP) is 3.03. The van der Waals surface area contributed by atoms with E-state index in [0.29, 0.717) is 28.7 Å². The molecule has 0 aliphatic carbocycles. The van der Waals surface area contributed by atoms with Gasteiger partial charge in [0.2, 0.25) is 5.16 Å². The summed E-state index contributed by atoms with van der Waals surface area (Å²) in [6.07, 6.45) is 1.25. The second-order valence-corrected chi connectivity index (χ2v) is 6.80. The monoisotopic (exact) mass is 349 g/mol. The number of rotatable bonds is 6. The van der Waals surface area contributed by atoms with Crippen molar-refractivity contribution in [2.75, 3.05) is 5.84 Å². The average molecular weight is 349 g/mol. The number of nitrogens with zero attached hydrogens (tertiary/aromatic N) is 4. The zero-order valence-corrected chi connectivity index (χ0v) is 14.2. The highest BCUT2D eigenvalue weighted by Gasteiger charge is 2.13. The van der Waals surface area contributed by atoms with Gasteiger partial charge in [-0.25, -0.2) is 14.1 Å². The van der Waals surface area contributed by atoms with E-state index < -0.39 is 0 Å². The zero-order chi connectivity index (χ0) is 16.2. The number of aromatic nitrogens is 4. The van der Waals surface area contributed by atoms with E-state index in [9.17, 15) is 4.39 Å². The highest BCUT2D eigenvalue weighted by molar-refractivity contribution is 7.98. The maximum atomic E-state index is 13.7. The minimum Gasteiger partial charge on any atom is -0.336 e. The minimum absolute atomic E-state index is 0.265. The second kappa shape index (κ2) is 7.10. The van der Waals surface area contributed by atoms with Crippen LogP contribution >= 0.6 is 23.1 Å². The van der Waals surface area contributed by atoms with Crippen molar-refractivity contribution in [3.63, 3.8) is 0 Å². The molecule has 0 saturated heterocycles. The van der Waals surface area contributed by atoms with E-state index in [1.165, 1.54) is 22.5 Å². The number of aryl methyl sites for hydroxylation is 1. The van der Waals surface area contributed by atoms with Crippen molar-refractivity contribution >= 4 is 23.1 Å². The molecule has 0 bridgehead atoms. The number of hydrogen-bond donors (Lipinski definition) is 1. The molecule has 2 aromatic heterocycles. The first-order valence-corrected chi connectivity index (χ1v) is 9.02. The van der Waals surface area contributed by atoms with Gasteiger partial charge in [-0.1, -0.05) is 36.9 Å². The van der Waals surface area contributed by atoms with Gasteiger partial charge in [0, 0.05) is 17.6 Å². The van der Waals surface area contributed by atoms with Crippen molar-refractivity contribution in [2.45, 2.75) is 30.7 Å². The normalized spacial score (nSPS) is 11.0. The lowest BCUT2D eigenvalue weighted by Crippen LogP contribution is -2.14. The van der Waals surface area contributed by atoms with Gasteiger partial charge < -0.3 is 5.84 Å². The Morgan fingerprint density at radius 3 is 2.87 bits per heavy atom. The van der Waals surface area contributed by atoms with Crippen molar-refractivity contribution in [1.29, 1.82) is 0 Å². The number of thiazole rings is 1. The van der Waals surface area contributed by atoms with Gasteiger partial charge in [0.05, 0.1) is 10.7 Å². The Bertz CT molecular complexity index is 799. The maximum absolute atomic E-state index is 13.7. The van der Waals surface area contributed by atoms with Crippen LogP contribution in [0.25, 0.3) is 0 Å². The Morgan fingerprint density at radius 2 is 2.13 bits per heavy atom. The molecule has 0 aliphatic rings. The van der Waals surface area contributed by atoms with Gasteiger partial charge >= 0.3 is 0 Å². The van der Waals surface area contributed by atoms with Gasteiger partial charge in [-0.3, -0.25) is 0 Å². The lowest BCUT2D eigenvalue weighted by molar-refractivity contribution is 0.610. The molecule has 0 amide bonds. The van der Waals surface area contributed by atoms with Crippen LogP contribution < -0.4 is 5.84 Å². The van der Waals surface area contributed by atoms with Crippen LogP contribution in [0.3, 0.4) is 0 Å². The Hall–Kier alpha value is -1.93. The van der Waals surface area contributed by atoms with Crippen molar-refractivity contribution in [3.8, 4) is 0 Å². The van der Waals surface area contributed by atoms with E-state index in [1.54, 1.807) is 29.5 Å². The summed E-state index contributed by atoms with van der Waals surface area (Å²) in [6.45, 7) is 2.08. The first kappa shape index (κ1) is 15.9. The fourth-order valence-corrected chi connectivity index (χ4v) is 3.67. The van der Waals surface area contributed by atoms with Crippen LogP contribution in [0.2, 0.25) is 0 Å². The van der Waals surface area contributed by atoms with Gasteiger partial charge in [0.1, 0.15) is 5.82 Å². The van der Waals surface area contributed by atoms with Gasteiger partial charge in [0.25, 0.3) is 0 Å². The molecule has 3 rings (SSSR count). The van der Waals surface area contributed by atoms with Crippen molar-refractivity contribution in [3.05, 3.63) is 57.6 Å². The van der Waals surface area contributed by atoms with E-state index in [1.807, 2.05) is 5.38 Å². The molecule has 120 valence electrons. The molecule has 5 nitrogen and oxygen atoms in total. The van der Waals surface area contributed by atoms with E-state index in [0.717, 1.165) is 17.1 Å². The molecule has 0 aliphatic heterocycles. The Labute approximate surface area is 141 Å². The Morgan fingerprint density at radius 1 is 1.30 bits per heavy atom. The molecule has 1 aromatic carbocycles. The van der Waals surface area contributed by atoms with Crippen molar-refractivity contribution < 1.29 is 4.39 Å². The maximum Gasteiger partial charge on any atom is 0.210 e. The van der Waals surface area contributed by atoms with E-state index in [4.69, 9.17) is 5.84 Å². The van der Waals surface area contributed by atoms with Gasteiger partial charge in [-0.05, 0) is 18.1 Å². The van der Waals surface area contributed by atoms with E-state index in [-0.39, 0.29) is 5.82 Å². The smallest absolute Gasteiger partial charge is 0.210 e. The number of nitrogen functional groups attached to an aromatic ring is 1. The third kappa shape index (κ3) is 3.70. The summed E-state index contributed by atoms with van der Waals surface area (Å²) in [6, 6.07) is 6.60. The molecule has 0 atom stereocenters. The van der Waals surface area contributed by atoms with Gasteiger partial charge in [0.15, 0.2) is 5.82 Å². The molecule has 0 unspecified atom stereocenters. The van der Waals surface area contributed by atoms with Crippen LogP contribution in [0.5, 0.6) is 0 Å². The quantitative estimate of drug-likeness (QED) is 0.547.